The molecule has 0 spiro atoms. The summed E-state index contributed by atoms with van der Waals surface area (Å²) in [6.45, 7) is 5.02. The van der Waals surface area contributed by atoms with Gasteiger partial charge >= 0.3 is 0 Å². The van der Waals surface area contributed by atoms with Crippen LogP contribution >= 0.6 is 0 Å². The number of nitrogens with zero attached hydrogens (tertiary/aromatic N) is 2. The molecule has 0 radical (unpaired) electrons. The van der Waals surface area contributed by atoms with Gasteiger partial charge in [0.1, 0.15) is 11.9 Å². The van der Waals surface area contributed by atoms with Crippen molar-refractivity contribution in [3.8, 4) is 0 Å². The fourth-order valence-electron chi connectivity index (χ4n) is 3.45. The molecule has 3 aromatic carbocycles. The van der Waals surface area contributed by atoms with Crippen molar-refractivity contribution in [2.75, 3.05) is 0 Å². The summed E-state index contributed by atoms with van der Waals surface area (Å²) in [6, 6.07) is 26.5. The van der Waals surface area contributed by atoms with Gasteiger partial charge in [0.15, 0.2) is 0 Å². The standard InChI is InChI=1S/C24H24N2O/c1-17(2)19-12-14-20(15-13-19)23(27)24-25-21-10-6-7-11-22(21)26(24)16-18-8-4-3-5-9-18/h3-15,17,23,27H,16H2,1-2H3/t23-/m0/s1. The Kier molecular flexibility index (Phi) is 4.78. The molecule has 0 aliphatic rings. The zero-order valence-electron chi connectivity index (χ0n) is 15.7. The maximum absolute atomic E-state index is 11.1. The lowest BCUT2D eigenvalue weighted by Gasteiger charge is -2.15. The molecule has 0 saturated carbocycles. The first kappa shape index (κ1) is 17.5. The van der Waals surface area contributed by atoms with Crippen LogP contribution in [0.5, 0.6) is 0 Å². The third-order valence-electron chi connectivity index (χ3n) is 5.03. The quantitative estimate of drug-likeness (QED) is 0.528. The molecule has 3 nitrogen and oxygen atoms in total. The van der Waals surface area contributed by atoms with Gasteiger partial charge in [-0.3, -0.25) is 0 Å². The predicted octanol–water partition coefficient (Wildman–Crippen LogP) is 5.29. The second-order valence-corrected chi connectivity index (χ2v) is 7.25. The molecule has 0 unspecified atom stereocenters. The summed E-state index contributed by atoms with van der Waals surface area (Å²) in [6.07, 6.45) is -0.762. The fraction of sp³-hybridized carbons (Fsp3) is 0.208. The zero-order valence-corrected chi connectivity index (χ0v) is 15.7. The number of hydrogen-bond acceptors (Lipinski definition) is 2. The molecular weight excluding hydrogens is 332 g/mol. The smallest absolute Gasteiger partial charge is 0.143 e. The lowest BCUT2D eigenvalue weighted by molar-refractivity contribution is 0.206. The molecular formula is C24H24N2O. The van der Waals surface area contributed by atoms with Gasteiger partial charge in [0.25, 0.3) is 0 Å². The van der Waals surface area contributed by atoms with E-state index in [2.05, 4.69) is 48.7 Å². The number of aliphatic hydroxyl groups excluding tert-OH is 1. The topological polar surface area (TPSA) is 38.1 Å². The number of benzene rings is 3. The average Bonchev–Trinajstić information content (AvgIpc) is 3.07. The van der Waals surface area contributed by atoms with Crippen LogP contribution in [0.2, 0.25) is 0 Å². The molecule has 4 rings (SSSR count). The minimum absolute atomic E-state index is 0.471. The van der Waals surface area contributed by atoms with Gasteiger partial charge in [0.05, 0.1) is 11.0 Å². The van der Waals surface area contributed by atoms with E-state index in [9.17, 15) is 5.11 Å². The van der Waals surface area contributed by atoms with Crippen molar-refractivity contribution in [3.05, 3.63) is 101 Å². The monoisotopic (exact) mass is 356 g/mol. The van der Waals surface area contributed by atoms with Gasteiger partial charge < -0.3 is 9.67 Å². The Hall–Kier alpha value is -2.91. The molecule has 1 heterocycles. The zero-order chi connectivity index (χ0) is 18.8. The van der Waals surface area contributed by atoms with Crippen LogP contribution in [0.1, 0.15) is 48.4 Å². The van der Waals surface area contributed by atoms with Crippen molar-refractivity contribution >= 4 is 11.0 Å². The van der Waals surface area contributed by atoms with Gasteiger partial charge in [0.2, 0.25) is 0 Å². The molecule has 1 aromatic heterocycles. The summed E-state index contributed by atoms with van der Waals surface area (Å²) in [5, 5.41) is 11.1. The molecule has 1 atom stereocenters. The SMILES string of the molecule is CC(C)c1ccc([C@H](O)c2nc3ccccc3n2Cc2ccccc2)cc1. The number of imidazole rings is 1. The largest absolute Gasteiger partial charge is 0.380 e. The molecule has 0 bridgehead atoms. The molecule has 0 fully saturated rings. The number of aromatic nitrogens is 2. The fourth-order valence-corrected chi connectivity index (χ4v) is 3.45. The molecule has 0 aliphatic carbocycles. The number of hydrogen-bond donors (Lipinski definition) is 1. The van der Waals surface area contributed by atoms with E-state index in [0.717, 1.165) is 16.6 Å². The highest BCUT2D eigenvalue weighted by molar-refractivity contribution is 5.76. The van der Waals surface area contributed by atoms with Crippen molar-refractivity contribution in [2.24, 2.45) is 0 Å². The minimum atomic E-state index is -0.762. The summed E-state index contributed by atoms with van der Waals surface area (Å²) in [5.41, 5.74) is 5.26. The van der Waals surface area contributed by atoms with E-state index in [1.54, 1.807) is 0 Å². The Morgan fingerprint density at radius 2 is 1.44 bits per heavy atom. The van der Waals surface area contributed by atoms with E-state index in [0.29, 0.717) is 18.3 Å². The Morgan fingerprint density at radius 3 is 2.15 bits per heavy atom. The van der Waals surface area contributed by atoms with Gasteiger partial charge in [0, 0.05) is 6.54 Å². The first-order chi connectivity index (χ1) is 13.1. The van der Waals surface area contributed by atoms with Crippen molar-refractivity contribution in [3.63, 3.8) is 0 Å². The van der Waals surface area contributed by atoms with E-state index in [1.807, 2.05) is 48.5 Å². The van der Waals surface area contributed by atoms with E-state index in [1.165, 1.54) is 11.1 Å². The molecule has 0 saturated heterocycles. The minimum Gasteiger partial charge on any atom is -0.380 e. The molecule has 4 aromatic rings. The second kappa shape index (κ2) is 7.37. The highest BCUT2D eigenvalue weighted by Crippen LogP contribution is 2.27. The van der Waals surface area contributed by atoms with E-state index in [4.69, 9.17) is 4.98 Å². The Balaban J connectivity index is 1.77. The summed E-state index contributed by atoms with van der Waals surface area (Å²) in [4.78, 5) is 4.76. The van der Waals surface area contributed by atoms with Crippen LogP contribution in [0.25, 0.3) is 11.0 Å². The third-order valence-corrected chi connectivity index (χ3v) is 5.03. The van der Waals surface area contributed by atoms with Gasteiger partial charge in [-0.1, -0.05) is 80.6 Å². The number of fused-ring (bicyclic) bond motifs is 1. The van der Waals surface area contributed by atoms with Gasteiger partial charge in [-0.25, -0.2) is 4.98 Å². The summed E-state index contributed by atoms with van der Waals surface area (Å²) < 4.78 is 2.12. The number of para-hydroxylation sites is 2. The lowest BCUT2D eigenvalue weighted by Crippen LogP contribution is -2.11. The van der Waals surface area contributed by atoms with Crippen LogP contribution in [0.3, 0.4) is 0 Å². The van der Waals surface area contributed by atoms with Crippen molar-refractivity contribution in [1.29, 1.82) is 0 Å². The van der Waals surface area contributed by atoms with Crippen LogP contribution < -0.4 is 0 Å². The van der Waals surface area contributed by atoms with Crippen LogP contribution in [0.15, 0.2) is 78.9 Å². The summed E-state index contributed by atoms with van der Waals surface area (Å²) >= 11 is 0. The molecule has 0 amide bonds. The molecule has 1 N–H and O–H groups in total. The maximum Gasteiger partial charge on any atom is 0.143 e. The van der Waals surface area contributed by atoms with Gasteiger partial charge in [-0.05, 0) is 34.7 Å². The van der Waals surface area contributed by atoms with Crippen molar-refractivity contribution in [2.45, 2.75) is 32.4 Å². The Morgan fingerprint density at radius 1 is 0.815 bits per heavy atom. The van der Waals surface area contributed by atoms with Gasteiger partial charge in [-0.2, -0.15) is 0 Å². The highest BCUT2D eigenvalue weighted by atomic mass is 16.3. The van der Waals surface area contributed by atoms with Crippen LogP contribution in [0, 0.1) is 0 Å². The number of aliphatic hydroxyl groups is 1. The summed E-state index contributed by atoms with van der Waals surface area (Å²) in [5.74, 6) is 1.15. The van der Waals surface area contributed by atoms with Crippen LogP contribution in [0.4, 0.5) is 0 Å². The second-order valence-electron chi connectivity index (χ2n) is 7.25. The lowest BCUT2D eigenvalue weighted by atomic mass is 10.00. The molecule has 0 aliphatic heterocycles. The Labute approximate surface area is 159 Å². The average molecular weight is 356 g/mol. The first-order valence-corrected chi connectivity index (χ1v) is 9.40. The van der Waals surface area contributed by atoms with Crippen LogP contribution in [-0.4, -0.2) is 14.7 Å². The van der Waals surface area contributed by atoms with E-state index in [-0.39, 0.29) is 0 Å². The van der Waals surface area contributed by atoms with Gasteiger partial charge in [-0.15, -0.1) is 0 Å². The normalized spacial score (nSPS) is 12.6. The van der Waals surface area contributed by atoms with Crippen LogP contribution in [-0.2, 0) is 6.54 Å². The Bertz CT molecular complexity index is 1030. The third kappa shape index (κ3) is 3.51. The van der Waals surface area contributed by atoms with E-state index < -0.39 is 6.10 Å². The van der Waals surface area contributed by atoms with Crippen molar-refractivity contribution in [1.82, 2.24) is 9.55 Å². The first-order valence-electron chi connectivity index (χ1n) is 9.40. The molecule has 3 heteroatoms. The summed E-state index contributed by atoms with van der Waals surface area (Å²) in [7, 11) is 0. The molecule has 136 valence electrons. The van der Waals surface area contributed by atoms with Crippen molar-refractivity contribution < 1.29 is 5.11 Å². The predicted molar refractivity (Wildman–Crippen MR) is 110 cm³/mol. The number of rotatable bonds is 5. The maximum atomic E-state index is 11.1. The highest BCUT2D eigenvalue weighted by Gasteiger charge is 2.20. The van der Waals surface area contributed by atoms with E-state index >= 15 is 0 Å². The molecule has 27 heavy (non-hydrogen) atoms.